The van der Waals surface area contributed by atoms with E-state index >= 15 is 0 Å². The maximum Gasteiger partial charge on any atom is 0.143 e. The zero-order chi connectivity index (χ0) is 18.8. The van der Waals surface area contributed by atoms with Gasteiger partial charge in [0.1, 0.15) is 11.3 Å². The molecule has 0 aliphatic heterocycles. The number of anilines is 2. The lowest BCUT2D eigenvalue weighted by Gasteiger charge is -2.06. The van der Waals surface area contributed by atoms with E-state index in [0.717, 1.165) is 44.8 Å². The zero-order valence-electron chi connectivity index (χ0n) is 15.3. The highest BCUT2D eigenvalue weighted by atomic mass is 16.3. The molecule has 0 fully saturated rings. The summed E-state index contributed by atoms with van der Waals surface area (Å²) in [5, 5.41) is 4.56. The molecule has 0 bridgehead atoms. The Morgan fingerprint density at radius 3 is 1.82 bits per heavy atom. The number of benzene rings is 4. The first-order valence-corrected chi connectivity index (χ1v) is 9.38. The molecule has 5 rings (SSSR count). The number of rotatable bonds is 4. The summed E-state index contributed by atoms with van der Waals surface area (Å²) in [6.07, 6.45) is 0. The van der Waals surface area contributed by atoms with Gasteiger partial charge >= 0.3 is 0 Å². The molecule has 0 aliphatic carbocycles. The number of fused-ring (bicyclic) bond motifs is 1. The highest BCUT2D eigenvalue weighted by Gasteiger charge is 2.17. The monoisotopic (exact) mass is 361 g/mol. The van der Waals surface area contributed by atoms with Gasteiger partial charge in [-0.15, -0.1) is 0 Å². The van der Waals surface area contributed by atoms with Crippen LogP contribution in [0.1, 0.15) is 0 Å². The van der Waals surface area contributed by atoms with E-state index in [1.54, 1.807) is 0 Å². The van der Waals surface area contributed by atoms with Gasteiger partial charge in [0.25, 0.3) is 0 Å². The molecule has 1 N–H and O–H groups in total. The molecule has 28 heavy (non-hydrogen) atoms. The number of nitrogens with one attached hydrogen (secondary N) is 1. The zero-order valence-corrected chi connectivity index (χ0v) is 15.3. The van der Waals surface area contributed by atoms with Crippen LogP contribution in [-0.4, -0.2) is 0 Å². The molecule has 1 heterocycles. The van der Waals surface area contributed by atoms with E-state index in [-0.39, 0.29) is 0 Å². The molecule has 0 aliphatic rings. The second-order valence-electron chi connectivity index (χ2n) is 6.74. The number of hydrogen-bond donors (Lipinski definition) is 1. The van der Waals surface area contributed by atoms with Crippen molar-refractivity contribution in [3.63, 3.8) is 0 Å². The summed E-state index contributed by atoms with van der Waals surface area (Å²) in [5.74, 6) is 0.902. The molecule has 0 saturated heterocycles. The van der Waals surface area contributed by atoms with Crippen molar-refractivity contribution in [3.8, 4) is 22.5 Å². The molecular formula is C26H19NO. The highest BCUT2D eigenvalue weighted by Crippen LogP contribution is 2.41. The van der Waals surface area contributed by atoms with E-state index in [1.807, 2.05) is 42.5 Å². The normalized spacial score (nSPS) is 10.9. The van der Waals surface area contributed by atoms with Crippen LogP contribution in [0.4, 0.5) is 11.4 Å². The Balaban J connectivity index is 1.67. The maximum absolute atomic E-state index is 6.38. The quantitative estimate of drug-likeness (QED) is 0.358. The Labute approximate surface area is 164 Å². The second-order valence-corrected chi connectivity index (χ2v) is 6.74. The van der Waals surface area contributed by atoms with Crippen LogP contribution >= 0.6 is 0 Å². The molecule has 4 aromatic carbocycles. The molecule has 1 aromatic heterocycles. The van der Waals surface area contributed by atoms with Gasteiger partial charge in [0.15, 0.2) is 0 Å². The minimum atomic E-state index is 0.874. The predicted molar refractivity (Wildman–Crippen MR) is 117 cm³/mol. The van der Waals surface area contributed by atoms with Crippen LogP contribution in [0.15, 0.2) is 114 Å². The fourth-order valence-electron chi connectivity index (χ4n) is 3.55. The van der Waals surface area contributed by atoms with E-state index in [2.05, 4.69) is 72.0 Å². The van der Waals surface area contributed by atoms with Gasteiger partial charge in [0.05, 0.1) is 0 Å². The van der Waals surface area contributed by atoms with Crippen molar-refractivity contribution in [1.82, 2.24) is 0 Å². The van der Waals surface area contributed by atoms with Crippen molar-refractivity contribution >= 4 is 22.3 Å². The van der Waals surface area contributed by atoms with E-state index in [4.69, 9.17) is 4.42 Å². The first-order valence-electron chi connectivity index (χ1n) is 9.38. The van der Waals surface area contributed by atoms with Crippen molar-refractivity contribution in [2.45, 2.75) is 0 Å². The summed E-state index contributed by atoms with van der Waals surface area (Å²) in [6, 6.07) is 37.2. The van der Waals surface area contributed by atoms with Crippen LogP contribution in [0.25, 0.3) is 33.4 Å². The summed E-state index contributed by atoms with van der Waals surface area (Å²) in [4.78, 5) is 0. The van der Waals surface area contributed by atoms with Crippen molar-refractivity contribution < 1.29 is 4.42 Å². The molecule has 0 atom stereocenters. The molecule has 0 spiro atoms. The Bertz CT molecular complexity index is 1210. The lowest BCUT2D eigenvalue weighted by atomic mass is 9.98. The van der Waals surface area contributed by atoms with Crippen molar-refractivity contribution in [2.75, 3.05) is 5.32 Å². The molecule has 0 unspecified atom stereocenters. The highest BCUT2D eigenvalue weighted by molar-refractivity contribution is 6.02. The third-order valence-electron chi connectivity index (χ3n) is 4.85. The smallest absolute Gasteiger partial charge is 0.143 e. The predicted octanol–water partition coefficient (Wildman–Crippen LogP) is 7.51. The Hall–Kier alpha value is -3.78. The largest absolute Gasteiger partial charge is 0.455 e. The van der Waals surface area contributed by atoms with Gasteiger partial charge in [0, 0.05) is 34.0 Å². The van der Waals surface area contributed by atoms with Gasteiger partial charge in [-0.25, -0.2) is 0 Å². The Morgan fingerprint density at radius 1 is 0.536 bits per heavy atom. The van der Waals surface area contributed by atoms with Crippen LogP contribution in [0.5, 0.6) is 0 Å². The molecule has 5 aromatic rings. The average Bonchev–Trinajstić information content (AvgIpc) is 3.14. The van der Waals surface area contributed by atoms with E-state index < -0.39 is 0 Å². The molecule has 2 nitrogen and oxygen atoms in total. The SMILES string of the molecule is c1ccc(Nc2ccc3c(-c4ccccc4)c(-c4ccccc4)oc3c2)cc1. The first-order chi connectivity index (χ1) is 13.9. The molecule has 2 heteroatoms. The number of hydrogen-bond acceptors (Lipinski definition) is 2. The van der Waals surface area contributed by atoms with E-state index in [0.29, 0.717) is 0 Å². The van der Waals surface area contributed by atoms with Crippen LogP contribution in [-0.2, 0) is 0 Å². The van der Waals surface area contributed by atoms with Crippen molar-refractivity contribution in [3.05, 3.63) is 109 Å². The van der Waals surface area contributed by atoms with Crippen molar-refractivity contribution in [1.29, 1.82) is 0 Å². The molecule has 134 valence electrons. The van der Waals surface area contributed by atoms with Gasteiger partial charge in [-0.05, 0) is 29.8 Å². The van der Waals surface area contributed by atoms with E-state index in [9.17, 15) is 0 Å². The number of para-hydroxylation sites is 1. The van der Waals surface area contributed by atoms with Crippen LogP contribution in [0.2, 0.25) is 0 Å². The van der Waals surface area contributed by atoms with Crippen LogP contribution in [0, 0.1) is 0 Å². The minimum absolute atomic E-state index is 0.874. The minimum Gasteiger partial charge on any atom is -0.455 e. The Morgan fingerprint density at radius 2 is 1.14 bits per heavy atom. The average molecular weight is 361 g/mol. The van der Waals surface area contributed by atoms with Gasteiger partial charge in [0.2, 0.25) is 0 Å². The number of furan rings is 1. The summed E-state index contributed by atoms with van der Waals surface area (Å²) in [6.45, 7) is 0. The van der Waals surface area contributed by atoms with Crippen molar-refractivity contribution in [2.24, 2.45) is 0 Å². The van der Waals surface area contributed by atoms with Gasteiger partial charge in [-0.3, -0.25) is 0 Å². The molecule has 0 saturated carbocycles. The summed E-state index contributed by atoms with van der Waals surface area (Å²) in [7, 11) is 0. The Kier molecular flexibility index (Phi) is 4.15. The molecule has 0 radical (unpaired) electrons. The topological polar surface area (TPSA) is 25.2 Å². The lowest BCUT2D eigenvalue weighted by molar-refractivity contribution is 0.632. The van der Waals surface area contributed by atoms with Gasteiger partial charge < -0.3 is 9.73 Å². The van der Waals surface area contributed by atoms with Crippen LogP contribution < -0.4 is 5.32 Å². The fourth-order valence-corrected chi connectivity index (χ4v) is 3.55. The third-order valence-corrected chi connectivity index (χ3v) is 4.85. The van der Waals surface area contributed by atoms with E-state index in [1.165, 1.54) is 0 Å². The van der Waals surface area contributed by atoms with Crippen LogP contribution in [0.3, 0.4) is 0 Å². The molecule has 0 amide bonds. The summed E-state index contributed by atoms with van der Waals surface area (Å²) < 4.78 is 6.38. The third kappa shape index (κ3) is 3.06. The second kappa shape index (κ2) is 7.09. The first kappa shape index (κ1) is 16.4. The fraction of sp³-hybridized carbons (Fsp3) is 0. The molecular weight excluding hydrogens is 342 g/mol. The van der Waals surface area contributed by atoms with Gasteiger partial charge in [-0.1, -0.05) is 78.9 Å². The standard InChI is InChI=1S/C26H19NO/c1-4-10-19(11-5-1)25-23-17-16-22(27-21-14-8-3-9-15-21)18-24(23)28-26(25)20-12-6-2-7-13-20/h1-18,27H. The summed E-state index contributed by atoms with van der Waals surface area (Å²) >= 11 is 0. The summed E-state index contributed by atoms with van der Waals surface area (Å²) in [5.41, 5.74) is 6.30. The maximum atomic E-state index is 6.38. The van der Waals surface area contributed by atoms with Gasteiger partial charge in [-0.2, -0.15) is 0 Å². The lowest BCUT2D eigenvalue weighted by Crippen LogP contribution is -1.88.